The van der Waals surface area contributed by atoms with E-state index in [2.05, 4.69) is 0 Å². The summed E-state index contributed by atoms with van der Waals surface area (Å²) in [4.78, 5) is 0. The van der Waals surface area contributed by atoms with Crippen molar-refractivity contribution in [2.75, 3.05) is 0 Å². The second-order valence-electron chi connectivity index (χ2n) is 6.08. The van der Waals surface area contributed by atoms with Crippen LogP contribution in [-0.4, -0.2) is 6.18 Å². The Hall–Kier alpha value is -0.210. The topological polar surface area (TPSA) is 0 Å². The number of alkyl halides is 3. The van der Waals surface area contributed by atoms with Crippen LogP contribution in [0.5, 0.6) is 0 Å². The van der Waals surface area contributed by atoms with Gasteiger partial charge in [0.05, 0.1) is 5.41 Å². The van der Waals surface area contributed by atoms with Crippen molar-refractivity contribution in [1.29, 1.82) is 0 Å². The van der Waals surface area contributed by atoms with Crippen LogP contribution in [0.15, 0.2) is 0 Å². The Kier molecular flexibility index (Phi) is 1.81. The van der Waals surface area contributed by atoms with Crippen LogP contribution < -0.4 is 0 Å². The highest BCUT2D eigenvalue weighted by Gasteiger charge is 2.65. The van der Waals surface area contributed by atoms with E-state index in [9.17, 15) is 13.2 Å². The first-order valence-corrected chi connectivity index (χ1v) is 5.98. The van der Waals surface area contributed by atoms with Gasteiger partial charge in [0.15, 0.2) is 0 Å². The van der Waals surface area contributed by atoms with Crippen LogP contribution in [-0.2, 0) is 0 Å². The standard InChI is InChI=1S/C12H17F3/c1-11(12(13,14)15)9-3-7-2-8(5-9)6-10(11)4-7/h7-10H,2-6H2,1H3. The third-order valence-electron chi connectivity index (χ3n) is 5.45. The molecule has 4 bridgehead atoms. The van der Waals surface area contributed by atoms with E-state index in [0.717, 1.165) is 25.7 Å². The van der Waals surface area contributed by atoms with E-state index in [1.807, 2.05) is 0 Å². The molecular weight excluding hydrogens is 201 g/mol. The first-order chi connectivity index (χ1) is 6.91. The molecule has 0 aromatic heterocycles. The maximum Gasteiger partial charge on any atom is 0.394 e. The first kappa shape index (κ1) is 9.98. The Balaban J connectivity index is 1.98. The van der Waals surface area contributed by atoms with Crippen LogP contribution in [0.2, 0.25) is 0 Å². The van der Waals surface area contributed by atoms with Crippen molar-refractivity contribution in [2.24, 2.45) is 29.1 Å². The third-order valence-corrected chi connectivity index (χ3v) is 5.45. The predicted molar refractivity (Wildman–Crippen MR) is 51.2 cm³/mol. The molecule has 0 saturated heterocycles. The molecule has 4 aliphatic rings. The van der Waals surface area contributed by atoms with Crippen LogP contribution in [0.4, 0.5) is 13.2 Å². The van der Waals surface area contributed by atoms with Gasteiger partial charge in [-0.1, -0.05) is 6.92 Å². The lowest BCUT2D eigenvalue weighted by Crippen LogP contribution is -2.57. The highest BCUT2D eigenvalue weighted by Crippen LogP contribution is 2.66. The van der Waals surface area contributed by atoms with Gasteiger partial charge >= 0.3 is 6.18 Å². The van der Waals surface area contributed by atoms with Crippen LogP contribution >= 0.6 is 0 Å². The molecule has 0 atom stereocenters. The summed E-state index contributed by atoms with van der Waals surface area (Å²) < 4.78 is 39.6. The van der Waals surface area contributed by atoms with E-state index < -0.39 is 11.6 Å². The van der Waals surface area contributed by atoms with E-state index in [-0.39, 0.29) is 11.8 Å². The number of hydrogen-bond donors (Lipinski definition) is 0. The van der Waals surface area contributed by atoms with Gasteiger partial charge in [0, 0.05) is 0 Å². The highest BCUT2D eigenvalue weighted by molar-refractivity contribution is 5.06. The van der Waals surface area contributed by atoms with E-state index in [0.29, 0.717) is 11.8 Å². The number of halogens is 3. The molecule has 4 fully saturated rings. The Morgan fingerprint density at radius 3 is 1.60 bits per heavy atom. The number of rotatable bonds is 0. The lowest BCUT2D eigenvalue weighted by Gasteiger charge is -2.60. The molecule has 86 valence electrons. The minimum absolute atomic E-state index is 0.0752. The summed E-state index contributed by atoms with van der Waals surface area (Å²) in [6.07, 6.45) is 0.564. The van der Waals surface area contributed by atoms with Crippen molar-refractivity contribution >= 4 is 0 Å². The molecule has 0 unspecified atom stereocenters. The quantitative estimate of drug-likeness (QED) is 0.576. The summed E-state index contributed by atoms with van der Waals surface area (Å²) in [5.41, 5.74) is -1.36. The zero-order chi connectivity index (χ0) is 10.8. The van der Waals surface area contributed by atoms with Crippen molar-refractivity contribution in [3.63, 3.8) is 0 Å². The predicted octanol–water partition coefficient (Wildman–Crippen LogP) is 4.01. The van der Waals surface area contributed by atoms with Crippen LogP contribution in [0, 0.1) is 29.1 Å². The monoisotopic (exact) mass is 218 g/mol. The fraction of sp³-hybridized carbons (Fsp3) is 1.00. The van der Waals surface area contributed by atoms with Crippen LogP contribution in [0.25, 0.3) is 0 Å². The summed E-state index contributed by atoms with van der Waals surface area (Å²) in [5.74, 6) is 1.08. The SMILES string of the molecule is CC1(C(F)(F)F)C2CC3CC(C2)CC1C3. The smallest absolute Gasteiger partial charge is 0.170 e. The third kappa shape index (κ3) is 1.15. The van der Waals surface area contributed by atoms with E-state index in [4.69, 9.17) is 0 Å². The summed E-state index contributed by atoms with van der Waals surface area (Å²) in [7, 11) is 0. The second kappa shape index (κ2) is 2.72. The maximum absolute atomic E-state index is 13.2. The average Bonchev–Trinajstić information content (AvgIpc) is 2.10. The van der Waals surface area contributed by atoms with E-state index >= 15 is 0 Å². The minimum Gasteiger partial charge on any atom is -0.170 e. The minimum atomic E-state index is -3.99. The number of hydrogen-bond acceptors (Lipinski definition) is 0. The molecule has 4 rings (SSSR count). The van der Waals surface area contributed by atoms with E-state index in [1.165, 1.54) is 13.3 Å². The molecule has 0 aliphatic heterocycles. The normalized spacial score (nSPS) is 53.6. The Bertz CT molecular complexity index is 251. The first-order valence-electron chi connectivity index (χ1n) is 5.98. The molecule has 0 aromatic carbocycles. The van der Waals surface area contributed by atoms with Gasteiger partial charge in [0.2, 0.25) is 0 Å². The second-order valence-corrected chi connectivity index (χ2v) is 6.08. The van der Waals surface area contributed by atoms with Gasteiger partial charge in [-0.25, -0.2) is 0 Å². The lowest BCUT2D eigenvalue weighted by molar-refractivity contribution is -0.292. The summed E-state index contributed by atoms with van der Waals surface area (Å²) >= 11 is 0. The lowest BCUT2D eigenvalue weighted by atomic mass is 9.45. The molecule has 0 nitrogen and oxygen atoms in total. The summed E-state index contributed by atoms with van der Waals surface area (Å²) in [6, 6.07) is 0. The van der Waals surface area contributed by atoms with Gasteiger partial charge in [0.25, 0.3) is 0 Å². The molecule has 0 aromatic rings. The Labute approximate surface area is 88.2 Å². The molecule has 0 spiro atoms. The molecule has 4 saturated carbocycles. The molecule has 4 aliphatic carbocycles. The van der Waals surface area contributed by atoms with E-state index in [1.54, 1.807) is 0 Å². The van der Waals surface area contributed by atoms with Gasteiger partial charge in [-0.05, 0) is 55.8 Å². The molecule has 0 N–H and O–H groups in total. The van der Waals surface area contributed by atoms with Crippen molar-refractivity contribution in [2.45, 2.75) is 45.2 Å². The average molecular weight is 218 g/mol. The fourth-order valence-corrected chi connectivity index (χ4v) is 4.63. The maximum atomic E-state index is 13.2. The van der Waals surface area contributed by atoms with Gasteiger partial charge in [-0.3, -0.25) is 0 Å². The zero-order valence-corrected chi connectivity index (χ0v) is 8.98. The molecule has 0 radical (unpaired) electrons. The van der Waals surface area contributed by atoms with Crippen molar-refractivity contribution in [3.05, 3.63) is 0 Å². The van der Waals surface area contributed by atoms with Crippen molar-refractivity contribution in [1.82, 2.24) is 0 Å². The largest absolute Gasteiger partial charge is 0.394 e. The van der Waals surface area contributed by atoms with Crippen LogP contribution in [0.1, 0.15) is 39.0 Å². The molecule has 0 amide bonds. The van der Waals surface area contributed by atoms with Gasteiger partial charge < -0.3 is 0 Å². The van der Waals surface area contributed by atoms with Crippen molar-refractivity contribution < 1.29 is 13.2 Å². The molecular formula is C12H17F3. The molecule has 0 heterocycles. The zero-order valence-electron chi connectivity index (χ0n) is 8.98. The van der Waals surface area contributed by atoms with Crippen molar-refractivity contribution in [3.8, 4) is 0 Å². The highest BCUT2D eigenvalue weighted by atomic mass is 19.4. The van der Waals surface area contributed by atoms with Gasteiger partial charge in [-0.15, -0.1) is 0 Å². The fourth-order valence-electron chi connectivity index (χ4n) is 4.63. The van der Waals surface area contributed by atoms with Crippen LogP contribution in [0.3, 0.4) is 0 Å². The van der Waals surface area contributed by atoms with Gasteiger partial charge in [-0.2, -0.15) is 13.2 Å². The molecule has 3 heteroatoms. The summed E-state index contributed by atoms with van der Waals surface area (Å²) in [6.45, 7) is 1.49. The summed E-state index contributed by atoms with van der Waals surface area (Å²) in [5, 5.41) is 0. The molecule has 15 heavy (non-hydrogen) atoms. The van der Waals surface area contributed by atoms with Gasteiger partial charge in [0.1, 0.15) is 0 Å². The Morgan fingerprint density at radius 2 is 1.27 bits per heavy atom. The Morgan fingerprint density at radius 1 is 0.867 bits per heavy atom.